The third kappa shape index (κ3) is 4.34. The summed E-state index contributed by atoms with van der Waals surface area (Å²) in [6, 6.07) is 13.8. The van der Waals surface area contributed by atoms with E-state index in [1.165, 1.54) is 5.56 Å². The molecule has 0 atom stereocenters. The lowest BCUT2D eigenvalue weighted by atomic mass is 10.1. The van der Waals surface area contributed by atoms with Gasteiger partial charge in [0.2, 0.25) is 0 Å². The molecule has 0 spiro atoms. The highest BCUT2D eigenvalue weighted by molar-refractivity contribution is 9.10. The van der Waals surface area contributed by atoms with Gasteiger partial charge in [-0.3, -0.25) is 0 Å². The maximum atomic E-state index is 13.5. The minimum absolute atomic E-state index is 0.220. The van der Waals surface area contributed by atoms with Crippen molar-refractivity contribution >= 4 is 21.6 Å². The maximum absolute atomic E-state index is 13.5. The Balaban J connectivity index is 1.75. The van der Waals surface area contributed by atoms with E-state index in [9.17, 15) is 4.39 Å². The first-order valence-corrected chi connectivity index (χ1v) is 7.69. The molecule has 0 bridgehead atoms. The quantitative estimate of drug-likeness (QED) is 0.703. The Labute approximate surface area is 128 Å². The fraction of sp³-hybridized carbons (Fsp3) is 0.294. The van der Waals surface area contributed by atoms with Crippen molar-refractivity contribution in [1.82, 2.24) is 0 Å². The van der Waals surface area contributed by atoms with E-state index in [1.807, 2.05) is 19.1 Å². The van der Waals surface area contributed by atoms with Crippen molar-refractivity contribution in [3.05, 3.63) is 63.9 Å². The van der Waals surface area contributed by atoms with E-state index in [1.54, 1.807) is 6.07 Å². The van der Waals surface area contributed by atoms with Crippen LogP contribution < -0.4 is 5.32 Å². The highest BCUT2D eigenvalue weighted by Gasteiger charge is 2.04. The van der Waals surface area contributed by atoms with Crippen LogP contribution in [0.3, 0.4) is 0 Å². The second-order valence-corrected chi connectivity index (χ2v) is 5.81. The van der Waals surface area contributed by atoms with E-state index in [2.05, 4.69) is 45.5 Å². The minimum atomic E-state index is -0.220. The average Bonchev–Trinajstić information content (AvgIpc) is 2.45. The molecular formula is C17H19BrFN. The Kier molecular flexibility index (Phi) is 5.60. The Morgan fingerprint density at radius 1 is 1.10 bits per heavy atom. The van der Waals surface area contributed by atoms with Crippen molar-refractivity contribution in [3.63, 3.8) is 0 Å². The van der Waals surface area contributed by atoms with Crippen LogP contribution in [0.15, 0.2) is 46.9 Å². The molecule has 3 heteroatoms. The van der Waals surface area contributed by atoms with Gasteiger partial charge in [-0.05, 0) is 65.4 Å². The molecule has 0 aliphatic carbocycles. The van der Waals surface area contributed by atoms with Crippen molar-refractivity contribution < 1.29 is 4.39 Å². The Bertz CT molecular complexity index is 554. The summed E-state index contributed by atoms with van der Waals surface area (Å²) in [4.78, 5) is 0. The number of aryl methyl sites for hydroxylation is 2. The van der Waals surface area contributed by atoms with Crippen molar-refractivity contribution in [1.29, 1.82) is 0 Å². The van der Waals surface area contributed by atoms with E-state index in [0.717, 1.165) is 37.1 Å². The molecule has 2 aromatic rings. The molecule has 1 nitrogen and oxygen atoms in total. The number of hydrogen-bond acceptors (Lipinski definition) is 1. The third-order valence-corrected chi connectivity index (χ3v) is 3.93. The summed E-state index contributed by atoms with van der Waals surface area (Å²) in [6.07, 6.45) is 3.30. The summed E-state index contributed by atoms with van der Waals surface area (Å²) < 4.78 is 14.0. The largest absolute Gasteiger partial charge is 0.385 e. The smallest absolute Gasteiger partial charge is 0.139 e. The van der Waals surface area contributed by atoms with E-state index in [4.69, 9.17) is 0 Å². The van der Waals surface area contributed by atoms with Gasteiger partial charge in [-0.25, -0.2) is 4.39 Å². The first-order valence-electron chi connectivity index (χ1n) is 6.90. The van der Waals surface area contributed by atoms with Gasteiger partial charge >= 0.3 is 0 Å². The first-order chi connectivity index (χ1) is 9.66. The molecule has 2 rings (SSSR count). The van der Waals surface area contributed by atoms with Crippen LogP contribution in [0.1, 0.15) is 24.0 Å². The highest BCUT2D eigenvalue weighted by Crippen LogP contribution is 2.23. The van der Waals surface area contributed by atoms with E-state index < -0.39 is 0 Å². The molecule has 1 N–H and O–H groups in total. The van der Waals surface area contributed by atoms with Gasteiger partial charge < -0.3 is 5.32 Å². The van der Waals surface area contributed by atoms with Crippen LogP contribution in [0, 0.1) is 12.7 Å². The zero-order valence-electron chi connectivity index (χ0n) is 11.6. The number of benzene rings is 2. The first kappa shape index (κ1) is 15.0. The van der Waals surface area contributed by atoms with Gasteiger partial charge in [0, 0.05) is 12.2 Å². The predicted octanol–water partition coefficient (Wildman–Crippen LogP) is 5.33. The standard InChI is InChI=1S/C17H19BrFN/c1-13-11-15(18)16(19)12-17(13)20-10-6-5-9-14-7-3-2-4-8-14/h2-4,7-8,11-12,20H,5-6,9-10H2,1H3. The van der Waals surface area contributed by atoms with Crippen LogP contribution in [0.25, 0.3) is 0 Å². The molecule has 2 aromatic carbocycles. The van der Waals surface area contributed by atoms with Gasteiger partial charge in [-0.2, -0.15) is 0 Å². The molecule has 106 valence electrons. The predicted molar refractivity (Wildman–Crippen MR) is 86.7 cm³/mol. The second kappa shape index (κ2) is 7.44. The van der Waals surface area contributed by atoms with Crippen molar-refractivity contribution in [3.8, 4) is 0 Å². The molecule has 0 saturated heterocycles. The number of unbranched alkanes of at least 4 members (excludes halogenated alkanes) is 1. The second-order valence-electron chi connectivity index (χ2n) is 4.95. The fourth-order valence-electron chi connectivity index (χ4n) is 2.16. The van der Waals surface area contributed by atoms with Gasteiger partial charge in [0.25, 0.3) is 0 Å². The number of rotatable bonds is 6. The maximum Gasteiger partial charge on any atom is 0.139 e. The van der Waals surface area contributed by atoms with Crippen LogP contribution in [-0.2, 0) is 6.42 Å². The summed E-state index contributed by atoms with van der Waals surface area (Å²) in [5, 5.41) is 3.31. The summed E-state index contributed by atoms with van der Waals surface area (Å²) in [7, 11) is 0. The lowest BCUT2D eigenvalue weighted by molar-refractivity contribution is 0.621. The normalized spacial score (nSPS) is 10.6. The third-order valence-electron chi connectivity index (χ3n) is 3.32. The van der Waals surface area contributed by atoms with Crippen molar-refractivity contribution in [2.24, 2.45) is 0 Å². The Morgan fingerprint density at radius 2 is 1.85 bits per heavy atom. The van der Waals surface area contributed by atoms with Crippen LogP contribution in [0.2, 0.25) is 0 Å². The van der Waals surface area contributed by atoms with E-state index in [-0.39, 0.29) is 5.82 Å². The topological polar surface area (TPSA) is 12.0 Å². The summed E-state index contributed by atoms with van der Waals surface area (Å²) in [5.74, 6) is -0.220. The molecule has 20 heavy (non-hydrogen) atoms. The monoisotopic (exact) mass is 335 g/mol. The van der Waals surface area contributed by atoms with Gasteiger partial charge in [-0.1, -0.05) is 30.3 Å². The SMILES string of the molecule is Cc1cc(Br)c(F)cc1NCCCCc1ccccc1. The zero-order chi connectivity index (χ0) is 14.4. The average molecular weight is 336 g/mol. The van der Waals surface area contributed by atoms with Gasteiger partial charge in [-0.15, -0.1) is 0 Å². The lowest BCUT2D eigenvalue weighted by Crippen LogP contribution is -2.04. The van der Waals surface area contributed by atoms with Crippen molar-refractivity contribution in [2.75, 3.05) is 11.9 Å². The zero-order valence-corrected chi connectivity index (χ0v) is 13.2. The number of anilines is 1. The molecule has 0 aliphatic rings. The van der Waals surface area contributed by atoms with Crippen LogP contribution in [0.5, 0.6) is 0 Å². The molecule has 0 fully saturated rings. The van der Waals surface area contributed by atoms with Crippen LogP contribution >= 0.6 is 15.9 Å². The summed E-state index contributed by atoms with van der Waals surface area (Å²) in [5.41, 5.74) is 3.31. The Hall–Kier alpha value is -1.35. The number of nitrogens with one attached hydrogen (secondary N) is 1. The number of halogens is 2. The molecule has 0 radical (unpaired) electrons. The molecule has 0 unspecified atom stereocenters. The van der Waals surface area contributed by atoms with Gasteiger partial charge in [0.1, 0.15) is 5.82 Å². The van der Waals surface area contributed by atoms with Gasteiger partial charge in [0.05, 0.1) is 4.47 Å². The van der Waals surface area contributed by atoms with Crippen molar-refractivity contribution in [2.45, 2.75) is 26.2 Å². The molecule has 0 aliphatic heterocycles. The minimum Gasteiger partial charge on any atom is -0.385 e. The number of hydrogen-bond donors (Lipinski definition) is 1. The lowest BCUT2D eigenvalue weighted by Gasteiger charge is -2.10. The molecule has 0 amide bonds. The van der Waals surface area contributed by atoms with Crippen LogP contribution in [-0.4, -0.2) is 6.54 Å². The molecule has 0 aromatic heterocycles. The Morgan fingerprint density at radius 3 is 2.60 bits per heavy atom. The highest BCUT2D eigenvalue weighted by atomic mass is 79.9. The molecule has 0 heterocycles. The summed E-state index contributed by atoms with van der Waals surface area (Å²) in [6.45, 7) is 2.85. The van der Waals surface area contributed by atoms with Crippen LogP contribution in [0.4, 0.5) is 10.1 Å². The summed E-state index contributed by atoms with van der Waals surface area (Å²) >= 11 is 3.20. The van der Waals surface area contributed by atoms with E-state index >= 15 is 0 Å². The van der Waals surface area contributed by atoms with E-state index in [0.29, 0.717) is 4.47 Å². The van der Waals surface area contributed by atoms with Gasteiger partial charge in [0.15, 0.2) is 0 Å². The fourth-order valence-corrected chi connectivity index (χ4v) is 2.62. The molecular weight excluding hydrogens is 317 g/mol. The molecule has 0 saturated carbocycles.